The number of halogens is 2. The third-order valence-electron chi connectivity index (χ3n) is 5.01. The molecule has 1 heterocycles. The van der Waals surface area contributed by atoms with Crippen LogP contribution >= 0.6 is 0 Å². The van der Waals surface area contributed by atoms with Gasteiger partial charge < -0.3 is 24.8 Å². The average Bonchev–Trinajstić information content (AvgIpc) is 3.12. The van der Waals surface area contributed by atoms with Gasteiger partial charge in [0.25, 0.3) is 5.91 Å². The molecular weight excluding hydrogens is 446 g/mol. The van der Waals surface area contributed by atoms with Gasteiger partial charge in [-0.15, -0.1) is 8.78 Å². The Morgan fingerprint density at radius 1 is 0.971 bits per heavy atom. The molecule has 0 aromatic heterocycles. The van der Waals surface area contributed by atoms with Gasteiger partial charge in [0.2, 0.25) is 0 Å². The molecule has 0 fully saturated rings. The summed E-state index contributed by atoms with van der Waals surface area (Å²) >= 11 is 0. The minimum atomic E-state index is -3.73. The highest BCUT2D eigenvalue weighted by atomic mass is 19.3. The third kappa shape index (κ3) is 5.43. The molecule has 0 saturated carbocycles. The molecular formula is C25H22F2N2O5. The summed E-state index contributed by atoms with van der Waals surface area (Å²) in [5, 5.41) is 5.28. The van der Waals surface area contributed by atoms with Crippen LogP contribution in [0.25, 0.3) is 11.1 Å². The van der Waals surface area contributed by atoms with Crippen molar-refractivity contribution in [3.8, 4) is 22.6 Å². The van der Waals surface area contributed by atoms with Crippen molar-refractivity contribution in [2.45, 2.75) is 19.6 Å². The quantitative estimate of drug-likeness (QED) is 0.497. The fourth-order valence-corrected chi connectivity index (χ4v) is 3.51. The van der Waals surface area contributed by atoms with Crippen LogP contribution in [0.5, 0.6) is 11.5 Å². The Labute approximate surface area is 194 Å². The van der Waals surface area contributed by atoms with E-state index in [1.807, 2.05) is 43.3 Å². The largest absolute Gasteiger partial charge is 0.586 e. The summed E-state index contributed by atoms with van der Waals surface area (Å²) in [5.74, 6) is -0.666. The predicted octanol–water partition coefficient (Wildman–Crippen LogP) is 5.22. The van der Waals surface area contributed by atoms with Crippen molar-refractivity contribution in [3.63, 3.8) is 0 Å². The Balaban J connectivity index is 1.49. The molecule has 1 aliphatic heterocycles. The van der Waals surface area contributed by atoms with E-state index in [0.29, 0.717) is 24.1 Å². The first-order valence-electron chi connectivity index (χ1n) is 10.6. The monoisotopic (exact) mass is 468 g/mol. The number of benzene rings is 3. The van der Waals surface area contributed by atoms with Crippen molar-refractivity contribution in [3.05, 3.63) is 77.9 Å². The first-order chi connectivity index (χ1) is 16.3. The maximum Gasteiger partial charge on any atom is 0.586 e. The number of rotatable bonds is 7. The average molecular weight is 468 g/mol. The van der Waals surface area contributed by atoms with Crippen molar-refractivity contribution >= 4 is 17.7 Å². The molecule has 2 amide bonds. The molecule has 0 saturated heterocycles. The number of nitrogens with one attached hydrogen (secondary N) is 2. The number of anilines is 1. The summed E-state index contributed by atoms with van der Waals surface area (Å²) in [4.78, 5) is 24.5. The van der Waals surface area contributed by atoms with Crippen LogP contribution in [0, 0.1) is 0 Å². The maximum absolute atomic E-state index is 13.3. The van der Waals surface area contributed by atoms with Crippen LogP contribution in [0.1, 0.15) is 22.8 Å². The minimum absolute atomic E-state index is 0.101. The van der Waals surface area contributed by atoms with Crippen molar-refractivity contribution in [1.29, 1.82) is 0 Å². The summed E-state index contributed by atoms with van der Waals surface area (Å²) in [6.45, 7) is 2.52. The normalized spacial score (nSPS) is 13.3. The molecule has 0 unspecified atom stereocenters. The van der Waals surface area contributed by atoms with E-state index in [-0.39, 0.29) is 23.8 Å². The molecule has 0 bridgehead atoms. The zero-order valence-electron chi connectivity index (χ0n) is 18.3. The second-order valence-electron chi connectivity index (χ2n) is 7.45. The third-order valence-corrected chi connectivity index (χ3v) is 5.01. The van der Waals surface area contributed by atoms with Crippen LogP contribution in [-0.2, 0) is 11.2 Å². The summed E-state index contributed by atoms with van der Waals surface area (Å²) < 4.78 is 40.5. The number of hydrogen-bond donors (Lipinski definition) is 2. The van der Waals surface area contributed by atoms with Crippen LogP contribution in [0.4, 0.5) is 19.3 Å². The van der Waals surface area contributed by atoms with Gasteiger partial charge in [-0.3, -0.25) is 4.79 Å². The lowest BCUT2D eigenvalue weighted by atomic mass is 9.97. The zero-order valence-corrected chi connectivity index (χ0v) is 18.3. The molecule has 34 heavy (non-hydrogen) atoms. The lowest BCUT2D eigenvalue weighted by Crippen LogP contribution is -2.25. The van der Waals surface area contributed by atoms with E-state index in [9.17, 15) is 18.4 Å². The van der Waals surface area contributed by atoms with E-state index in [1.165, 1.54) is 18.2 Å². The van der Waals surface area contributed by atoms with Gasteiger partial charge in [0.1, 0.15) is 0 Å². The van der Waals surface area contributed by atoms with Gasteiger partial charge in [-0.05, 0) is 41.8 Å². The molecule has 3 aromatic rings. The van der Waals surface area contributed by atoms with E-state index < -0.39 is 18.3 Å². The van der Waals surface area contributed by atoms with Crippen LogP contribution in [0.3, 0.4) is 0 Å². The van der Waals surface area contributed by atoms with Gasteiger partial charge in [-0.2, -0.15) is 0 Å². The highest BCUT2D eigenvalue weighted by Gasteiger charge is 2.43. The van der Waals surface area contributed by atoms with Gasteiger partial charge >= 0.3 is 12.4 Å². The van der Waals surface area contributed by atoms with Crippen molar-refractivity contribution in [2.75, 3.05) is 18.5 Å². The van der Waals surface area contributed by atoms with Gasteiger partial charge in [-0.25, -0.2) is 4.79 Å². The number of amides is 2. The molecule has 3 aromatic carbocycles. The van der Waals surface area contributed by atoms with Crippen molar-refractivity contribution in [2.24, 2.45) is 0 Å². The zero-order chi connectivity index (χ0) is 24.1. The second-order valence-corrected chi connectivity index (χ2v) is 7.45. The Bertz CT molecular complexity index is 1220. The Kier molecular flexibility index (Phi) is 6.62. The molecule has 0 spiro atoms. The molecule has 176 valence electrons. The van der Waals surface area contributed by atoms with E-state index in [1.54, 1.807) is 12.1 Å². The highest BCUT2D eigenvalue weighted by Crippen LogP contribution is 2.42. The van der Waals surface area contributed by atoms with E-state index >= 15 is 0 Å². The fraction of sp³-hybridized carbons (Fsp3) is 0.200. The highest BCUT2D eigenvalue weighted by molar-refractivity contribution is 6.08. The maximum atomic E-state index is 13.3. The van der Waals surface area contributed by atoms with E-state index in [4.69, 9.17) is 4.74 Å². The summed E-state index contributed by atoms with van der Waals surface area (Å²) in [5.41, 5.74) is 3.14. The Morgan fingerprint density at radius 2 is 1.76 bits per heavy atom. The number of carbonyl (C=O) groups excluding carboxylic acids is 2. The Hall–Kier alpha value is -4.14. The first kappa shape index (κ1) is 23.0. The van der Waals surface area contributed by atoms with Crippen molar-refractivity contribution in [1.82, 2.24) is 5.32 Å². The summed E-state index contributed by atoms with van der Waals surface area (Å²) in [7, 11) is 0. The summed E-state index contributed by atoms with van der Waals surface area (Å²) in [6, 6.07) is 18.7. The standard InChI is InChI=1S/C25H22F2N2O5/c1-2-28-24(31)32-13-12-16-6-5-7-17(14-16)19-8-3-4-9-20(19)23(30)29-18-10-11-21-22(15-18)34-25(26,27)33-21/h3-11,14-15H,2,12-13H2,1H3,(H,28,31)(H,29,30). The van der Waals surface area contributed by atoms with Crippen molar-refractivity contribution < 1.29 is 32.6 Å². The molecule has 4 rings (SSSR count). The Morgan fingerprint density at radius 3 is 2.59 bits per heavy atom. The van der Waals surface area contributed by atoms with Gasteiger partial charge in [0.15, 0.2) is 11.5 Å². The van der Waals surface area contributed by atoms with Gasteiger partial charge in [0, 0.05) is 30.3 Å². The molecule has 0 atom stereocenters. The predicted molar refractivity (Wildman–Crippen MR) is 121 cm³/mol. The SMILES string of the molecule is CCNC(=O)OCCc1cccc(-c2ccccc2C(=O)Nc2ccc3c(c2)OC(F)(F)O3)c1. The number of alkyl carbamates (subject to hydrolysis) is 1. The lowest BCUT2D eigenvalue weighted by Gasteiger charge is -2.12. The molecule has 7 nitrogen and oxygen atoms in total. The van der Waals surface area contributed by atoms with Gasteiger partial charge in [0.05, 0.1) is 6.61 Å². The fourth-order valence-electron chi connectivity index (χ4n) is 3.51. The smallest absolute Gasteiger partial charge is 0.449 e. The van der Waals surface area contributed by atoms with Gasteiger partial charge in [-0.1, -0.05) is 42.5 Å². The lowest BCUT2D eigenvalue weighted by molar-refractivity contribution is -0.286. The number of ether oxygens (including phenoxy) is 3. The first-order valence-corrected chi connectivity index (χ1v) is 10.6. The minimum Gasteiger partial charge on any atom is -0.449 e. The molecule has 9 heteroatoms. The summed E-state index contributed by atoms with van der Waals surface area (Å²) in [6.07, 6.45) is -3.68. The molecule has 0 radical (unpaired) electrons. The van der Waals surface area contributed by atoms with Crippen LogP contribution in [-0.4, -0.2) is 31.4 Å². The number of carbonyl (C=O) groups is 2. The molecule has 0 aliphatic carbocycles. The van der Waals surface area contributed by atoms with Crippen LogP contribution in [0.15, 0.2) is 66.7 Å². The second kappa shape index (κ2) is 9.78. The van der Waals surface area contributed by atoms with Crippen LogP contribution < -0.4 is 20.1 Å². The molecule has 2 N–H and O–H groups in total. The topological polar surface area (TPSA) is 85.9 Å². The van der Waals surface area contributed by atoms with E-state index in [0.717, 1.165) is 11.1 Å². The number of hydrogen-bond acceptors (Lipinski definition) is 5. The molecule has 1 aliphatic rings. The number of fused-ring (bicyclic) bond motifs is 1. The van der Waals surface area contributed by atoms with Crippen LogP contribution in [0.2, 0.25) is 0 Å². The number of alkyl halides is 2. The van der Waals surface area contributed by atoms with E-state index in [2.05, 4.69) is 20.1 Å².